The predicted molar refractivity (Wildman–Crippen MR) is 123 cm³/mol. The van der Waals surface area contributed by atoms with Gasteiger partial charge >= 0.3 is 0 Å². The normalized spacial score (nSPS) is 12.4. The van der Waals surface area contributed by atoms with Gasteiger partial charge in [0.05, 0.1) is 0 Å². The molecular weight excluding hydrogens is 409 g/mol. The number of hydrogen-bond acceptors (Lipinski definition) is 1. The van der Waals surface area contributed by atoms with Crippen molar-refractivity contribution in [1.82, 2.24) is 0 Å². The molecule has 0 N–H and O–H groups in total. The van der Waals surface area contributed by atoms with Crippen LogP contribution in [0.4, 0.5) is 13.2 Å². The van der Waals surface area contributed by atoms with Crippen LogP contribution < -0.4 is 4.74 Å². The minimum Gasteiger partial charge on any atom is -0.450 e. The van der Waals surface area contributed by atoms with Gasteiger partial charge in [0.2, 0.25) is 5.82 Å². The third-order valence-electron chi connectivity index (χ3n) is 5.80. The molecule has 4 rings (SSSR count). The number of fused-ring (bicyclic) bond motifs is 2. The summed E-state index contributed by atoms with van der Waals surface area (Å²) >= 11 is 0. The van der Waals surface area contributed by atoms with Gasteiger partial charge in [-0.15, -0.1) is 6.58 Å². The van der Waals surface area contributed by atoms with E-state index in [2.05, 4.69) is 6.58 Å². The van der Waals surface area contributed by atoms with Gasteiger partial charge in [0.1, 0.15) is 0 Å². The van der Waals surface area contributed by atoms with E-state index in [1.807, 2.05) is 43.4 Å². The lowest BCUT2D eigenvalue weighted by molar-refractivity contribution is 0.380. The molecule has 0 saturated carbocycles. The zero-order valence-corrected chi connectivity index (χ0v) is 18.1. The molecule has 0 atom stereocenters. The summed E-state index contributed by atoms with van der Waals surface area (Å²) < 4.78 is 50.6. The quantitative estimate of drug-likeness (QED) is 0.267. The van der Waals surface area contributed by atoms with Crippen LogP contribution >= 0.6 is 0 Å². The third-order valence-corrected chi connectivity index (χ3v) is 5.80. The molecule has 0 aliphatic carbocycles. The van der Waals surface area contributed by atoms with Crippen LogP contribution in [0.15, 0.2) is 67.3 Å². The Hall–Kier alpha value is -3.27. The highest BCUT2D eigenvalue weighted by atomic mass is 19.2. The molecule has 0 unspecified atom stereocenters. The molecule has 1 aliphatic heterocycles. The van der Waals surface area contributed by atoms with Crippen molar-refractivity contribution in [3.8, 4) is 22.6 Å². The van der Waals surface area contributed by atoms with Gasteiger partial charge in [-0.1, -0.05) is 54.6 Å². The smallest absolute Gasteiger partial charge is 0.202 e. The van der Waals surface area contributed by atoms with Gasteiger partial charge in [0, 0.05) is 23.1 Å². The maximum atomic E-state index is 15.0. The second-order valence-electron chi connectivity index (χ2n) is 7.98. The molecule has 3 aromatic rings. The Labute approximate surface area is 186 Å². The van der Waals surface area contributed by atoms with E-state index >= 15 is 8.78 Å². The van der Waals surface area contributed by atoms with E-state index in [0.717, 1.165) is 18.4 Å². The van der Waals surface area contributed by atoms with E-state index in [1.54, 1.807) is 24.3 Å². The molecule has 32 heavy (non-hydrogen) atoms. The molecule has 4 heteroatoms. The summed E-state index contributed by atoms with van der Waals surface area (Å²) in [6, 6.07) is 12.6. The number of allylic oxidation sites excluding steroid dienone is 3. The van der Waals surface area contributed by atoms with E-state index in [9.17, 15) is 4.39 Å². The summed E-state index contributed by atoms with van der Waals surface area (Å²) in [7, 11) is 0. The summed E-state index contributed by atoms with van der Waals surface area (Å²) in [5, 5.41) is 0. The SMILES string of the molecule is C=CCCc1ccc(-c2cc3c(c(F)c2F)Oc2c(ccc(CC/C=C/C)c2F)C3)cc1. The van der Waals surface area contributed by atoms with Crippen LogP contribution in [0.2, 0.25) is 0 Å². The Kier molecular flexibility index (Phi) is 6.50. The second kappa shape index (κ2) is 9.47. The Balaban J connectivity index is 1.67. The van der Waals surface area contributed by atoms with E-state index in [4.69, 9.17) is 4.74 Å². The molecule has 0 amide bonds. The summed E-state index contributed by atoms with van der Waals surface area (Å²) in [4.78, 5) is 0. The first-order chi connectivity index (χ1) is 15.5. The van der Waals surface area contributed by atoms with E-state index in [-0.39, 0.29) is 23.5 Å². The van der Waals surface area contributed by atoms with Crippen molar-refractivity contribution in [2.45, 2.75) is 39.0 Å². The zero-order valence-electron chi connectivity index (χ0n) is 18.1. The average Bonchev–Trinajstić information content (AvgIpc) is 2.81. The summed E-state index contributed by atoms with van der Waals surface area (Å²) in [5.74, 6) is -2.82. The van der Waals surface area contributed by atoms with Crippen LogP contribution in [-0.2, 0) is 19.3 Å². The van der Waals surface area contributed by atoms with Crippen LogP contribution in [0.3, 0.4) is 0 Å². The molecule has 0 spiro atoms. The highest BCUT2D eigenvalue weighted by Gasteiger charge is 2.28. The van der Waals surface area contributed by atoms with Crippen LogP contribution in [0, 0.1) is 17.5 Å². The number of aryl methyl sites for hydroxylation is 2. The van der Waals surface area contributed by atoms with Crippen molar-refractivity contribution in [2.24, 2.45) is 0 Å². The van der Waals surface area contributed by atoms with Gasteiger partial charge in [0.15, 0.2) is 23.1 Å². The van der Waals surface area contributed by atoms with Crippen molar-refractivity contribution in [2.75, 3.05) is 0 Å². The van der Waals surface area contributed by atoms with Gasteiger partial charge in [0.25, 0.3) is 0 Å². The monoisotopic (exact) mass is 434 g/mol. The Morgan fingerprint density at radius 1 is 0.875 bits per heavy atom. The van der Waals surface area contributed by atoms with Gasteiger partial charge < -0.3 is 4.74 Å². The van der Waals surface area contributed by atoms with Crippen molar-refractivity contribution in [3.63, 3.8) is 0 Å². The fourth-order valence-corrected chi connectivity index (χ4v) is 4.03. The summed E-state index contributed by atoms with van der Waals surface area (Å²) in [6.07, 6.45) is 8.89. The molecule has 164 valence electrons. The maximum absolute atomic E-state index is 15.0. The van der Waals surface area contributed by atoms with Gasteiger partial charge in [-0.25, -0.2) is 8.78 Å². The lowest BCUT2D eigenvalue weighted by atomic mass is 9.93. The molecule has 3 aromatic carbocycles. The number of hydrogen-bond donors (Lipinski definition) is 0. The molecule has 1 aliphatic rings. The number of rotatable bonds is 7. The van der Waals surface area contributed by atoms with Crippen molar-refractivity contribution in [1.29, 1.82) is 0 Å². The minimum atomic E-state index is -1.09. The molecule has 0 aromatic heterocycles. The second-order valence-corrected chi connectivity index (χ2v) is 7.98. The first-order valence-corrected chi connectivity index (χ1v) is 10.8. The Morgan fingerprint density at radius 3 is 2.34 bits per heavy atom. The van der Waals surface area contributed by atoms with E-state index in [0.29, 0.717) is 35.1 Å². The fourth-order valence-electron chi connectivity index (χ4n) is 4.03. The van der Waals surface area contributed by atoms with Crippen LogP contribution in [0.5, 0.6) is 11.5 Å². The molecule has 0 saturated heterocycles. The number of ether oxygens (including phenoxy) is 1. The lowest BCUT2D eigenvalue weighted by Gasteiger charge is -2.23. The average molecular weight is 435 g/mol. The summed E-state index contributed by atoms with van der Waals surface area (Å²) in [6.45, 7) is 5.63. The fraction of sp³-hybridized carbons (Fsp3) is 0.214. The minimum absolute atomic E-state index is 0.00639. The molecule has 0 radical (unpaired) electrons. The van der Waals surface area contributed by atoms with Crippen LogP contribution in [0.1, 0.15) is 42.0 Å². The van der Waals surface area contributed by atoms with Crippen molar-refractivity contribution >= 4 is 0 Å². The maximum Gasteiger partial charge on any atom is 0.202 e. The summed E-state index contributed by atoms with van der Waals surface area (Å²) in [5.41, 5.74) is 3.49. The van der Waals surface area contributed by atoms with Gasteiger partial charge in [-0.2, -0.15) is 4.39 Å². The first-order valence-electron chi connectivity index (χ1n) is 10.8. The van der Waals surface area contributed by atoms with Gasteiger partial charge in [-0.3, -0.25) is 0 Å². The molecule has 1 heterocycles. The third kappa shape index (κ3) is 4.22. The largest absolute Gasteiger partial charge is 0.450 e. The molecule has 1 nitrogen and oxygen atoms in total. The van der Waals surface area contributed by atoms with Crippen LogP contribution in [0.25, 0.3) is 11.1 Å². The molecule has 0 fully saturated rings. The Morgan fingerprint density at radius 2 is 1.62 bits per heavy atom. The van der Waals surface area contributed by atoms with Crippen molar-refractivity contribution < 1.29 is 17.9 Å². The predicted octanol–water partition coefficient (Wildman–Crippen LogP) is 8.09. The number of halogens is 3. The number of benzene rings is 3. The zero-order chi connectivity index (χ0) is 22.7. The van der Waals surface area contributed by atoms with E-state index in [1.165, 1.54) is 0 Å². The molecule has 0 bridgehead atoms. The van der Waals surface area contributed by atoms with Crippen LogP contribution in [-0.4, -0.2) is 0 Å². The molecular formula is C28H25F3O. The van der Waals surface area contributed by atoms with Gasteiger partial charge in [-0.05, 0) is 55.4 Å². The standard InChI is InChI=1S/C28H25F3O/c1-3-5-7-9-20-14-15-21-16-22-17-23(19-12-10-18(11-13-19)8-6-4-2)25(30)26(31)28(22)32-27(21)24(20)29/h3-5,10-15,17H,2,6-9,16H2,1H3/b5-3+. The first kappa shape index (κ1) is 21.9. The highest BCUT2D eigenvalue weighted by molar-refractivity contribution is 5.68. The topological polar surface area (TPSA) is 9.23 Å². The van der Waals surface area contributed by atoms with Crippen molar-refractivity contribution in [3.05, 3.63) is 107 Å². The van der Waals surface area contributed by atoms with E-state index < -0.39 is 17.5 Å². The highest BCUT2D eigenvalue weighted by Crippen LogP contribution is 2.43. The lowest BCUT2D eigenvalue weighted by Crippen LogP contribution is -2.10. The Bertz CT molecular complexity index is 1180.